The number of aliphatic hydroxyl groups excluding tert-OH is 1. The van der Waals surface area contributed by atoms with Crippen LogP contribution in [0.2, 0.25) is 0 Å². The van der Waals surface area contributed by atoms with E-state index in [1.54, 1.807) is 0 Å². The Morgan fingerprint density at radius 3 is 1.86 bits per heavy atom. The zero-order valence-electron chi connectivity index (χ0n) is 10.5. The van der Waals surface area contributed by atoms with Gasteiger partial charge in [0.1, 0.15) is 0 Å². The van der Waals surface area contributed by atoms with Gasteiger partial charge in [0.05, 0.1) is 17.7 Å². The van der Waals surface area contributed by atoms with E-state index in [0.29, 0.717) is 0 Å². The van der Waals surface area contributed by atoms with Gasteiger partial charge in [-0.25, -0.2) is 4.79 Å². The van der Waals surface area contributed by atoms with Crippen LogP contribution in [0.3, 0.4) is 0 Å². The number of esters is 1. The number of alkyl halides is 6. The molecule has 0 saturated heterocycles. The van der Waals surface area contributed by atoms with Crippen molar-refractivity contribution in [2.75, 3.05) is 6.61 Å². The molecule has 118 valence electrons. The predicted molar refractivity (Wildman–Crippen MR) is 58.0 cm³/mol. The Morgan fingerprint density at radius 2 is 1.52 bits per heavy atom. The summed E-state index contributed by atoms with van der Waals surface area (Å²) in [6.45, 7) is 1.19. The van der Waals surface area contributed by atoms with Crippen molar-refractivity contribution in [1.82, 2.24) is 0 Å². The Balaban J connectivity index is 3.35. The monoisotopic (exact) mass is 316 g/mol. The lowest BCUT2D eigenvalue weighted by atomic mass is 10.0. The Kier molecular flexibility index (Phi) is 4.87. The van der Waals surface area contributed by atoms with Gasteiger partial charge < -0.3 is 9.84 Å². The maximum Gasteiger partial charge on any atom is 0.416 e. The Labute approximate surface area is 115 Å². The van der Waals surface area contributed by atoms with Gasteiger partial charge in [-0.05, 0) is 30.7 Å². The first kappa shape index (κ1) is 17.3. The van der Waals surface area contributed by atoms with Gasteiger partial charge in [-0.3, -0.25) is 0 Å². The number of carbonyl (C=O) groups excluding carboxylic acids is 1. The molecular formula is C12H10F6O3. The highest BCUT2D eigenvalue weighted by molar-refractivity contribution is 5.76. The summed E-state index contributed by atoms with van der Waals surface area (Å²) < 4.78 is 79.9. The summed E-state index contributed by atoms with van der Waals surface area (Å²) in [5, 5.41) is 9.49. The minimum atomic E-state index is -5.05. The normalized spacial score (nSPS) is 13.9. The van der Waals surface area contributed by atoms with Gasteiger partial charge >= 0.3 is 18.3 Å². The summed E-state index contributed by atoms with van der Waals surface area (Å²) in [6, 6.07) is 0.453. The van der Waals surface area contributed by atoms with Crippen molar-refractivity contribution in [2.45, 2.75) is 25.4 Å². The van der Waals surface area contributed by atoms with Gasteiger partial charge in [0.2, 0.25) is 0 Å². The molecule has 1 N–H and O–H groups in total. The summed E-state index contributed by atoms with van der Waals surface area (Å²) in [6.07, 6.45) is -12.3. The number of halogens is 6. The van der Waals surface area contributed by atoms with Crippen LogP contribution in [0.1, 0.15) is 29.7 Å². The van der Waals surface area contributed by atoms with Crippen LogP contribution in [0.25, 0.3) is 0 Å². The fourth-order valence-electron chi connectivity index (χ4n) is 1.49. The summed E-state index contributed by atoms with van der Waals surface area (Å²) in [5.41, 5.74) is -4.07. The van der Waals surface area contributed by atoms with Crippen molar-refractivity contribution < 1.29 is 41.0 Å². The third kappa shape index (κ3) is 4.35. The molecule has 3 nitrogen and oxygen atoms in total. The molecule has 0 radical (unpaired) electrons. The molecule has 0 aromatic heterocycles. The van der Waals surface area contributed by atoms with Crippen LogP contribution in [0.5, 0.6) is 0 Å². The number of benzene rings is 1. The van der Waals surface area contributed by atoms with E-state index in [0.717, 1.165) is 0 Å². The predicted octanol–water partition coefficient (Wildman–Crippen LogP) is 3.32. The minimum Gasteiger partial charge on any atom is -0.464 e. The van der Waals surface area contributed by atoms with Crippen LogP contribution >= 0.6 is 0 Å². The van der Waals surface area contributed by atoms with Gasteiger partial charge in [-0.1, -0.05) is 0 Å². The minimum absolute atomic E-state index is 0.0959. The molecule has 0 amide bonds. The third-order valence-corrected chi connectivity index (χ3v) is 2.44. The average molecular weight is 316 g/mol. The second-order valence-electron chi connectivity index (χ2n) is 3.99. The zero-order chi connectivity index (χ0) is 16.4. The van der Waals surface area contributed by atoms with Crippen molar-refractivity contribution in [3.63, 3.8) is 0 Å². The van der Waals surface area contributed by atoms with Crippen molar-refractivity contribution in [2.24, 2.45) is 0 Å². The Hall–Kier alpha value is -1.77. The molecule has 0 aliphatic heterocycles. The van der Waals surface area contributed by atoms with Crippen LogP contribution in [0.4, 0.5) is 26.3 Å². The van der Waals surface area contributed by atoms with Crippen LogP contribution in [-0.4, -0.2) is 17.7 Å². The third-order valence-electron chi connectivity index (χ3n) is 2.44. The summed E-state index contributed by atoms with van der Waals surface area (Å²) >= 11 is 0. The SMILES string of the molecule is CCOC(=O)[C@H](O)c1cc(C(F)(F)F)cc(C(F)(F)F)c1. The topological polar surface area (TPSA) is 46.5 Å². The highest BCUT2D eigenvalue weighted by Crippen LogP contribution is 2.37. The Bertz CT molecular complexity index is 488. The zero-order valence-corrected chi connectivity index (χ0v) is 10.5. The van der Waals surface area contributed by atoms with Crippen LogP contribution in [0.15, 0.2) is 18.2 Å². The van der Waals surface area contributed by atoms with Crippen LogP contribution < -0.4 is 0 Å². The molecule has 1 aromatic carbocycles. The number of ether oxygens (including phenoxy) is 1. The molecule has 21 heavy (non-hydrogen) atoms. The molecule has 0 aliphatic rings. The number of hydrogen-bond donors (Lipinski definition) is 1. The lowest BCUT2D eigenvalue weighted by molar-refractivity contribution is -0.154. The smallest absolute Gasteiger partial charge is 0.416 e. The second-order valence-corrected chi connectivity index (χ2v) is 3.99. The average Bonchev–Trinajstić information content (AvgIpc) is 2.35. The molecule has 0 saturated carbocycles. The van der Waals surface area contributed by atoms with Crippen molar-refractivity contribution in [3.8, 4) is 0 Å². The van der Waals surface area contributed by atoms with E-state index in [-0.39, 0.29) is 24.8 Å². The maximum atomic E-state index is 12.6. The van der Waals surface area contributed by atoms with Gasteiger partial charge in [0.15, 0.2) is 6.10 Å². The highest BCUT2D eigenvalue weighted by atomic mass is 19.4. The molecule has 1 rings (SSSR count). The molecule has 0 unspecified atom stereocenters. The number of aliphatic hydroxyl groups is 1. The van der Waals surface area contributed by atoms with E-state index in [9.17, 15) is 36.2 Å². The highest BCUT2D eigenvalue weighted by Gasteiger charge is 2.38. The maximum absolute atomic E-state index is 12.6. The number of carbonyl (C=O) groups is 1. The first-order valence-corrected chi connectivity index (χ1v) is 5.61. The van der Waals surface area contributed by atoms with Crippen molar-refractivity contribution in [3.05, 3.63) is 34.9 Å². The number of hydrogen-bond acceptors (Lipinski definition) is 3. The lowest BCUT2D eigenvalue weighted by Gasteiger charge is -2.16. The first-order valence-electron chi connectivity index (χ1n) is 5.61. The Morgan fingerprint density at radius 1 is 1.10 bits per heavy atom. The van der Waals surface area contributed by atoms with E-state index in [2.05, 4.69) is 4.74 Å². The van der Waals surface area contributed by atoms with E-state index < -0.39 is 41.1 Å². The first-order chi connectivity index (χ1) is 9.46. The quantitative estimate of drug-likeness (QED) is 0.687. The second kappa shape index (κ2) is 5.92. The van der Waals surface area contributed by atoms with Crippen LogP contribution in [-0.2, 0) is 21.9 Å². The van der Waals surface area contributed by atoms with E-state index in [4.69, 9.17) is 0 Å². The molecular weight excluding hydrogens is 306 g/mol. The van der Waals surface area contributed by atoms with Crippen LogP contribution in [0, 0.1) is 0 Å². The molecule has 0 heterocycles. The van der Waals surface area contributed by atoms with Gasteiger partial charge in [0.25, 0.3) is 0 Å². The standard InChI is InChI=1S/C12H10F6O3/c1-2-21-10(20)9(19)6-3-7(11(13,14)15)5-8(4-6)12(16,17)18/h3-5,9,19H,2H2,1H3/t9-/m1/s1. The van der Waals surface area contributed by atoms with E-state index >= 15 is 0 Å². The molecule has 0 spiro atoms. The van der Waals surface area contributed by atoms with Gasteiger partial charge in [0, 0.05) is 0 Å². The fourth-order valence-corrected chi connectivity index (χ4v) is 1.49. The largest absolute Gasteiger partial charge is 0.464 e. The van der Waals surface area contributed by atoms with E-state index in [1.807, 2.05) is 0 Å². The molecule has 1 aromatic rings. The van der Waals surface area contributed by atoms with E-state index in [1.165, 1.54) is 6.92 Å². The molecule has 0 bridgehead atoms. The molecule has 0 fully saturated rings. The number of rotatable bonds is 3. The summed E-state index contributed by atoms with van der Waals surface area (Å²) in [7, 11) is 0. The van der Waals surface area contributed by atoms with Gasteiger partial charge in [-0.15, -0.1) is 0 Å². The molecule has 9 heteroatoms. The lowest BCUT2D eigenvalue weighted by Crippen LogP contribution is -2.18. The molecule has 1 atom stereocenters. The summed E-state index contributed by atoms with van der Waals surface area (Å²) in [4.78, 5) is 11.2. The van der Waals surface area contributed by atoms with Crippen molar-refractivity contribution >= 4 is 5.97 Å². The fraction of sp³-hybridized carbons (Fsp3) is 0.417. The molecule has 0 aliphatic carbocycles. The van der Waals surface area contributed by atoms with Gasteiger partial charge in [-0.2, -0.15) is 26.3 Å². The van der Waals surface area contributed by atoms with Crippen molar-refractivity contribution in [1.29, 1.82) is 0 Å². The summed E-state index contributed by atoms with van der Waals surface area (Å²) in [5.74, 6) is -1.33.